The number of benzene rings is 1. The second-order valence-electron chi connectivity index (χ2n) is 6.49. The highest BCUT2D eigenvalue weighted by Gasteiger charge is 2.26. The molecule has 1 N–H and O–H groups in total. The Morgan fingerprint density at radius 1 is 1.42 bits per heavy atom. The fourth-order valence-corrected chi connectivity index (χ4v) is 3.26. The van der Waals surface area contributed by atoms with Crippen LogP contribution in [0, 0.1) is 18.7 Å². The summed E-state index contributed by atoms with van der Waals surface area (Å²) in [6, 6.07) is 8.52. The van der Waals surface area contributed by atoms with Gasteiger partial charge in [0.05, 0.1) is 11.6 Å². The first kappa shape index (κ1) is 16.6. The van der Waals surface area contributed by atoms with Crippen LogP contribution in [0.4, 0.5) is 10.2 Å². The number of nitrogens with zero attached hydrogens (tertiary/aromatic N) is 3. The van der Waals surface area contributed by atoms with E-state index in [1.54, 1.807) is 16.8 Å². The smallest absolute Gasteiger partial charge is 0.229 e. The number of carbonyl (C=O) groups is 1. The number of aromatic nitrogens is 2. The first-order valence-corrected chi connectivity index (χ1v) is 8.29. The summed E-state index contributed by atoms with van der Waals surface area (Å²) in [6.07, 6.45) is 1.85. The molecule has 1 atom stereocenters. The van der Waals surface area contributed by atoms with Gasteiger partial charge in [0, 0.05) is 26.2 Å². The highest BCUT2D eigenvalue weighted by molar-refractivity contribution is 5.92. The molecule has 0 aliphatic carbocycles. The topological polar surface area (TPSA) is 50.2 Å². The van der Waals surface area contributed by atoms with Crippen molar-refractivity contribution >= 4 is 11.7 Å². The van der Waals surface area contributed by atoms with Crippen molar-refractivity contribution in [3.8, 4) is 0 Å². The Labute approximate surface area is 141 Å². The van der Waals surface area contributed by atoms with E-state index in [1.807, 2.05) is 26.1 Å². The number of halogens is 1. The van der Waals surface area contributed by atoms with E-state index in [1.165, 1.54) is 6.07 Å². The molecule has 6 heteroatoms. The number of carbonyl (C=O) groups excluding carboxylic acids is 1. The number of nitrogens with one attached hydrogen (secondary N) is 1. The maximum absolute atomic E-state index is 13.3. The lowest BCUT2D eigenvalue weighted by Crippen LogP contribution is -2.40. The summed E-state index contributed by atoms with van der Waals surface area (Å²) in [7, 11) is 1.82. The summed E-state index contributed by atoms with van der Waals surface area (Å²) in [6.45, 7) is 4.20. The van der Waals surface area contributed by atoms with Gasteiger partial charge in [-0.25, -0.2) is 4.39 Å². The van der Waals surface area contributed by atoms with Crippen molar-refractivity contribution in [1.82, 2.24) is 14.7 Å². The number of piperidine rings is 1. The normalized spacial score (nSPS) is 18.5. The summed E-state index contributed by atoms with van der Waals surface area (Å²) in [5, 5.41) is 7.21. The molecule has 1 aliphatic heterocycles. The third kappa shape index (κ3) is 4.00. The van der Waals surface area contributed by atoms with Gasteiger partial charge in [0.1, 0.15) is 11.6 Å². The van der Waals surface area contributed by atoms with E-state index in [0.29, 0.717) is 13.1 Å². The zero-order chi connectivity index (χ0) is 17.1. The van der Waals surface area contributed by atoms with E-state index in [9.17, 15) is 9.18 Å². The molecular formula is C18H23FN4O. The van der Waals surface area contributed by atoms with E-state index in [-0.39, 0.29) is 17.6 Å². The van der Waals surface area contributed by atoms with E-state index in [0.717, 1.165) is 36.5 Å². The van der Waals surface area contributed by atoms with Crippen LogP contribution in [0.3, 0.4) is 0 Å². The highest BCUT2D eigenvalue weighted by atomic mass is 19.1. The Hall–Kier alpha value is -2.21. The van der Waals surface area contributed by atoms with Gasteiger partial charge in [-0.1, -0.05) is 12.1 Å². The molecule has 1 fully saturated rings. The number of hydrogen-bond donors (Lipinski definition) is 1. The van der Waals surface area contributed by atoms with Gasteiger partial charge in [-0.15, -0.1) is 0 Å². The van der Waals surface area contributed by atoms with Crippen LogP contribution in [0.5, 0.6) is 0 Å². The van der Waals surface area contributed by atoms with Gasteiger partial charge in [0.25, 0.3) is 0 Å². The Morgan fingerprint density at radius 3 is 2.96 bits per heavy atom. The molecular weight excluding hydrogens is 307 g/mol. The van der Waals surface area contributed by atoms with Gasteiger partial charge >= 0.3 is 0 Å². The molecule has 0 spiro atoms. The molecule has 3 rings (SSSR count). The van der Waals surface area contributed by atoms with Gasteiger partial charge in [-0.2, -0.15) is 5.10 Å². The second kappa shape index (κ2) is 7.13. The molecule has 0 bridgehead atoms. The Bertz CT molecular complexity index is 728. The monoisotopic (exact) mass is 330 g/mol. The molecule has 128 valence electrons. The predicted octanol–water partition coefficient (Wildman–Crippen LogP) is 2.72. The van der Waals surface area contributed by atoms with E-state index in [4.69, 9.17) is 0 Å². The summed E-state index contributed by atoms with van der Waals surface area (Å²) < 4.78 is 15.0. The minimum atomic E-state index is -0.217. The Morgan fingerprint density at radius 2 is 2.25 bits per heavy atom. The van der Waals surface area contributed by atoms with Crippen LogP contribution in [0.2, 0.25) is 0 Å². The second-order valence-corrected chi connectivity index (χ2v) is 6.49. The van der Waals surface area contributed by atoms with Crippen molar-refractivity contribution in [3.05, 3.63) is 47.4 Å². The van der Waals surface area contributed by atoms with E-state index in [2.05, 4.69) is 15.3 Å². The third-order valence-electron chi connectivity index (χ3n) is 4.42. The van der Waals surface area contributed by atoms with Crippen LogP contribution in [0.25, 0.3) is 0 Å². The molecule has 1 aliphatic rings. The van der Waals surface area contributed by atoms with Crippen molar-refractivity contribution in [2.24, 2.45) is 13.0 Å². The quantitative estimate of drug-likeness (QED) is 0.938. The van der Waals surface area contributed by atoms with Crippen LogP contribution in [0.15, 0.2) is 30.3 Å². The van der Waals surface area contributed by atoms with Crippen LogP contribution in [-0.4, -0.2) is 33.7 Å². The summed E-state index contributed by atoms with van der Waals surface area (Å²) in [5.74, 6) is 0.481. The van der Waals surface area contributed by atoms with Gasteiger partial charge in [0.2, 0.25) is 5.91 Å². The third-order valence-corrected chi connectivity index (χ3v) is 4.42. The summed E-state index contributed by atoms with van der Waals surface area (Å²) in [4.78, 5) is 14.8. The van der Waals surface area contributed by atoms with Gasteiger partial charge < -0.3 is 5.32 Å². The molecule has 0 saturated carbocycles. The largest absolute Gasteiger partial charge is 0.311 e. The molecule has 1 aromatic carbocycles. The number of rotatable bonds is 4. The van der Waals surface area contributed by atoms with Gasteiger partial charge in [0.15, 0.2) is 0 Å². The summed E-state index contributed by atoms with van der Waals surface area (Å²) in [5.41, 5.74) is 1.82. The van der Waals surface area contributed by atoms with Crippen molar-refractivity contribution < 1.29 is 9.18 Å². The minimum absolute atomic E-state index is 0.0296. The molecule has 0 radical (unpaired) electrons. The maximum atomic E-state index is 13.3. The van der Waals surface area contributed by atoms with E-state index >= 15 is 0 Å². The fourth-order valence-electron chi connectivity index (χ4n) is 3.26. The maximum Gasteiger partial charge on any atom is 0.229 e. The zero-order valence-corrected chi connectivity index (χ0v) is 14.1. The first-order valence-electron chi connectivity index (χ1n) is 8.29. The molecule has 2 heterocycles. The molecule has 24 heavy (non-hydrogen) atoms. The average molecular weight is 330 g/mol. The Balaban J connectivity index is 1.60. The molecule has 1 saturated heterocycles. The molecule has 2 aromatic rings. The Kier molecular flexibility index (Phi) is 4.94. The molecule has 1 aromatic heterocycles. The molecule has 1 amide bonds. The van der Waals surface area contributed by atoms with Gasteiger partial charge in [-0.05, 0) is 44.0 Å². The number of likely N-dealkylation sites (tertiary alicyclic amines) is 1. The average Bonchev–Trinajstić information content (AvgIpc) is 2.85. The predicted molar refractivity (Wildman–Crippen MR) is 91.0 cm³/mol. The molecule has 5 nitrogen and oxygen atoms in total. The standard InChI is InChI=1S/C18H23FN4O/c1-13-9-17(22(2)21-13)20-18(24)15-6-4-8-23(12-15)11-14-5-3-7-16(19)10-14/h3,5,7,9-10,15H,4,6,8,11-12H2,1-2H3,(H,20,24)/t15-/m0/s1. The number of hydrogen-bond acceptors (Lipinski definition) is 3. The SMILES string of the molecule is Cc1cc(NC(=O)[C@H]2CCCN(Cc3cccc(F)c3)C2)n(C)n1. The first-order chi connectivity index (χ1) is 11.5. The van der Waals surface area contributed by atoms with Crippen molar-refractivity contribution in [1.29, 1.82) is 0 Å². The number of anilines is 1. The van der Waals surface area contributed by atoms with Crippen LogP contribution < -0.4 is 5.32 Å². The highest BCUT2D eigenvalue weighted by Crippen LogP contribution is 2.21. The van der Waals surface area contributed by atoms with Crippen molar-refractivity contribution in [2.45, 2.75) is 26.3 Å². The van der Waals surface area contributed by atoms with Crippen LogP contribution in [-0.2, 0) is 18.4 Å². The van der Waals surface area contributed by atoms with Crippen molar-refractivity contribution in [3.63, 3.8) is 0 Å². The number of aryl methyl sites for hydroxylation is 2. The lowest BCUT2D eigenvalue weighted by atomic mass is 9.96. The number of amides is 1. The summed E-state index contributed by atoms with van der Waals surface area (Å²) >= 11 is 0. The van der Waals surface area contributed by atoms with Gasteiger partial charge in [-0.3, -0.25) is 14.4 Å². The lowest BCUT2D eigenvalue weighted by molar-refractivity contribution is -0.121. The fraction of sp³-hybridized carbons (Fsp3) is 0.444. The lowest BCUT2D eigenvalue weighted by Gasteiger charge is -2.32. The van der Waals surface area contributed by atoms with E-state index < -0.39 is 0 Å². The minimum Gasteiger partial charge on any atom is -0.311 e. The molecule has 0 unspecified atom stereocenters. The zero-order valence-electron chi connectivity index (χ0n) is 14.1. The van der Waals surface area contributed by atoms with Crippen molar-refractivity contribution in [2.75, 3.05) is 18.4 Å². The van der Waals surface area contributed by atoms with Crippen LogP contribution >= 0.6 is 0 Å². The van der Waals surface area contributed by atoms with Crippen LogP contribution in [0.1, 0.15) is 24.1 Å².